The number of aliphatic carboxylic acids is 1. The van der Waals surface area contributed by atoms with E-state index in [0.717, 1.165) is 0 Å². The fraction of sp³-hybridized carbons (Fsp3) is 0.875. The molecule has 0 heterocycles. The average molecular weight is 175 g/mol. The molecular formula is C8H17NO3. The van der Waals surface area contributed by atoms with Gasteiger partial charge >= 0.3 is 5.97 Å². The summed E-state index contributed by atoms with van der Waals surface area (Å²) < 4.78 is 4.87. The molecule has 12 heavy (non-hydrogen) atoms. The van der Waals surface area contributed by atoms with Crippen molar-refractivity contribution in [3.8, 4) is 0 Å². The molecule has 1 unspecified atom stereocenters. The van der Waals surface area contributed by atoms with Gasteiger partial charge in [-0.25, -0.2) is 0 Å². The van der Waals surface area contributed by atoms with Gasteiger partial charge in [-0.2, -0.15) is 0 Å². The van der Waals surface area contributed by atoms with E-state index in [9.17, 15) is 4.79 Å². The Labute approximate surface area is 72.9 Å². The highest BCUT2D eigenvalue weighted by molar-refractivity contribution is 5.78. The molecule has 0 aliphatic heterocycles. The zero-order chi connectivity index (χ0) is 9.61. The number of likely N-dealkylation sites (N-methyl/N-ethyl adjacent to an activating group) is 1. The number of nitrogens with one attached hydrogen (secondary N) is 1. The number of rotatable bonds is 6. The van der Waals surface area contributed by atoms with Crippen LogP contribution in [-0.4, -0.2) is 36.9 Å². The van der Waals surface area contributed by atoms with Gasteiger partial charge in [0, 0.05) is 7.11 Å². The van der Waals surface area contributed by atoms with E-state index in [0.29, 0.717) is 13.0 Å². The molecule has 4 heteroatoms. The second kappa shape index (κ2) is 5.11. The highest BCUT2D eigenvalue weighted by atomic mass is 16.5. The number of carbonyl (C=O) groups is 1. The molecule has 0 aromatic rings. The lowest BCUT2D eigenvalue weighted by molar-refractivity contribution is -0.147. The Morgan fingerprint density at radius 3 is 2.42 bits per heavy atom. The summed E-state index contributed by atoms with van der Waals surface area (Å²) in [6.45, 7) is 4.54. The Kier molecular flexibility index (Phi) is 4.85. The molecule has 0 spiro atoms. The number of carboxylic acids is 1. The Bertz CT molecular complexity index is 141. The van der Waals surface area contributed by atoms with E-state index in [1.54, 1.807) is 0 Å². The van der Waals surface area contributed by atoms with Crippen LogP contribution in [0.1, 0.15) is 20.3 Å². The number of carboxylic acid groups (broad SMARTS) is 1. The molecule has 0 aliphatic rings. The molecule has 0 saturated carbocycles. The summed E-state index contributed by atoms with van der Waals surface area (Å²) in [6, 6.07) is 0. The van der Waals surface area contributed by atoms with Crippen LogP contribution in [0.2, 0.25) is 0 Å². The maximum absolute atomic E-state index is 10.9. The van der Waals surface area contributed by atoms with Gasteiger partial charge in [0.05, 0.1) is 6.61 Å². The van der Waals surface area contributed by atoms with Crippen LogP contribution in [0.25, 0.3) is 0 Å². The summed E-state index contributed by atoms with van der Waals surface area (Å²) in [7, 11) is 1.50. The fourth-order valence-corrected chi connectivity index (χ4v) is 1.15. The van der Waals surface area contributed by atoms with Crippen LogP contribution in [-0.2, 0) is 9.53 Å². The van der Waals surface area contributed by atoms with Gasteiger partial charge in [0.25, 0.3) is 0 Å². The summed E-state index contributed by atoms with van der Waals surface area (Å²) in [5.41, 5.74) is -0.913. The van der Waals surface area contributed by atoms with E-state index < -0.39 is 11.5 Å². The van der Waals surface area contributed by atoms with Crippen LogP contribution in [0.5, 0.6) is 0 Å². The Balaban J connectivity index is 4.39. The van der Waals surface area contributed by atoms with Crippen LogP contribution in [0.3, 0.4) is 0 Å². The Hall–Kier alpha value is -0.610. The van der Waals surface area contributed by atoms with Gasteiger partial charge < -0.3 is 15.2 Å². The van der Waals surface area contributed by atoms with Crippen molar-refractivity contribution in [1.82, 2.24) is 5.32 Å². The van der Waals surface area contributed by atoms with Crippen molar-refractivity contribution >= 4 is 5.97 Å². The third-order valence-electron chi connectivity index (χ3n) is 1.92. The van der Waals surface area contributed by atoms with E-state index in [4.69, 9.17) is 9.84 Å². The van der Waals surface area contributed by atoms with Gasteiger partial charge in [-0.05, 0) is 13.0 Å². The van der Waals surface area contributed by atoms with Gasteiger partial charge in [0.1, 0.15) is 5.54 Å². The van der Waals surface area contributed by atoms with Crippen LogP contribution < -0.4 is 5.32 Å². The van der Waals surface area contributed by atoms with Crippen LogP contribution in [0, 0.1) is 0 Å². The van der Waals surface area contributed by atoms with Crippen molar-refractivity contribution in [3.63, 3.8) is 0 Å². The predicted octanol–water partition coefficient (Wildman–Crippen LogP) is 0.476. The Morgan fingerprint density at radius 1 is 1.58 bits per heavy atom. The van der Waals surface area contributed by atoms with Crippen molar-refractivity contribution in [2.24, 2.45) is 0 Å². The van der Waals surface area contributed by atoms with Gasteiger partial charge in [-0.1, -0.05) is 13.8 Å². The standard InChI is InChI=1S/C8H17NO3/c1-4-8(6-12-3,7(10)11)9-5-2/h9H,4-6H2,1-3H3,(H,10,11). The summed E-state index contributed by atoms with van der Waals surface area (Å²) >= 11 is 0. The van der Waals surface area contributed by atoms with Crippen LogP contribution >= 0.6 is 0 Å². The molecule has 2 N–H and O–H groups in total. The lowest BCUT2D eigenvalue weighted by atomic mass is 9.97. The average Bonchev–Trinajstić information content (AvgIpc) is 2.03. The first-order valence-electron chi connectivity index (χ1n) is 4.10. The highest BCUT2D eigenvalue weighted by Crippen LogP contribution is 2.10. The van der Waals surface area contributed by atoms with Crippen LogP contribution in [0.15, 0.2) is 0 Å². The van der Waals surface area contributed by atoms with E-state index in [1.807, 2.05) is 13.8 Å². The van der Waals surface area contributed by atoms with E-state index in [2.05, 4.69) is 5.32 Å². The van der Waals surface area contributed by atoms with Crippen molar-refractivity contribution < 1.29 is 14.6 Å². The molecule has 0 aromatic heterocycles. The lowest BCUT2D eigenvalue weighted by Crippen LogP contribution is -2.55. The van der Waals surface area contributed by atoms with E-state index in [-0.39, 0.29) is 6.61 Å². The van der Waals surface area contributed by atoms with Crippen molar-refractivity contribution in [3.05, 3.63) is 0 Å². The van der Waals surface area contributed by atoms with Gasteiger partial charge in [0.15, 0.2) is 0 Å². The molecule has 72 valence electrons. The summed E-state index contributed by atoms with van der Waals surface area (Å²) in [6.07, 6.45) is 0.518. The maximum atomic E-state index is 10.9. The third-order valence-corrected chi connectivity index (χ3v) is 1.92. The summed E-state index contributed by atoms with van der Waals surface area (Å²) in [5.74, 6) is -0.853. The van der Waals surface area contributed by atoms with Crippen molar-refractivity contribution in [2.45, 2.75) is 25.8 Å². The minimum atomic E-state index is -0.913. The van der Waals surface area contributed by atoms with Crippen molar-refractivity contribution in [2.75, 3.05) is 20.3 Å². The molecular weight excluding hydrogens is 158 g/mol. The monoisotopic (exact) mass is 175 g/mol. The topological polar surface area (TPSA) is 58.6 Å². The third kappa shape index (κ3) is 2.46. The molecule has 0 saturated heterocycles. The minimum absolute atomic E-state index is 0.201. The molecule has 1 atom stereocenters. The first kappa shape index (κ1) is 11.4. The quantitative estimate of drug-likeness (QED) is 0.616. The minimum Gasteiger partial charge on any atom is -0.480 e. The molecule has 0 aliphatic carbocycles. The molecule has 0 amide bonds. The van der Waals surface area contributed by atoms with Crippen LogP contribution in [0.4, 0.5) is 0 Å². The van der Waals surface area contributed by atoms with Gasteiger partial charge in [-0.3, -0.25) is 4.79 Å². The molecule has 0 bridgehead atoms. The fourth-order valence-electron chi connectivity index (χ4n) is 1.15. The summed E-state index contributed by atoms with van der Waals surface area (Å²) in [4.78, 5) is 10.9. The van der Waals surface area contributed by atoms with Gasteiger partial charge in [-0.15, -0.1) is 0 Å². The van der Waals surface area contributed by atoms with E-state index in [1.165, 1.54) is 7.11 Å². The smallest absolute Gasteiger partial charge is 0.326 e. The zero-order valence-electron chi connectivity index (χ0n) is 7.89. The lowest BCUT2D eigenvalue weighted by Gasteiger charge is -2.27. The maximum Gasteiger partial charge on any atom is 0.326 e. The SMILES string of the molecule is CCNC(CC)(COC)C(=O)O. The number of hydrogen-bond acceptors (Lipinski definition) is 3. The highest BCUT2D eigenvalue weighted by Gasteiger charge is 2.35. The molecule has 4 nitrogen and oxygen atoms in total. The van der Waals surface area contributed by atoms with Crippen molar-refractivity contribution in [1.29, 1.82) is 0 Å². The first-order valence-corrected chi connectivity index (χ1v) is 4.10. The Morgan fingerprint density at radius 2 is 2.17 bits per heavy atom. The second-order valence-corrected chi connectivity index (χ2v) is 2.70. The molecule has 0 rings (SSSR count). The zero-order valence-corrected chi connectivity index (χ0v) is 7.89. The normalized spacial score (nSPS) is 15.6. The molecule has 0 radical (unpaired) electrons. The summed E-state index contributed by atoms with van der Waals surface area (Å²) in [5, 5.41) is 11.9. The second-order valence-electron chi connectivity index (χ2n) is 2.70. The molecule has 0 fully saturated rings. The first-order chi connectivity index (χ1) is 5.63. The largest absolute Gasteiger partial charge is 0.480 e. The van der Waals surface area contributed by atoms with E-state index >= 15 is 0 Å². The number of methoxy groups -OCH3 is 1. The van der Waals surface area contributed by atoms with Gasteiger partial charge in [0.2, 0.25) is 0 Å². The molecule has 0 aromatic carbocycles. The predicted molar refractivity (Wildman–Crippen MR) is 46.2 cm³/mol. The number of ether oxygens (including phenoxy) is 1. The number of hydrogen-bond donors (Lipinski definition) is 2.